The van der Waals surface area contributed by atoms with Gasteiger partial charge in [0.25, 0.3) is 5.91 Å². The van der Waals surface area contributed by atoms with Crippen molar-refractivity contribution in [2.45, 2.75) is 33.2 Å². The van der Waals surface area contributed by atoms with Gasteiger partial charge in [0.05, 0.1) is 18.0 Å². The van der Waals surface area contributed by atoms with E-state index in [0.29, 0.717) is 22.0 Å². The van der Waals surface area contributed by atoms with Gasteiger partial charge in [0.1, 0.15) is 12.6 Å². The molecule has 2 atom stereocenters. The maximum atomic E-state index is 13.5. The first-order valence-electron chi connectivity index (χ1n) is 9.71. The Balaban J connectivity index is 2.21. The summed E-state index contributed by atoms with van der Waals surface area (Å²) in [6.07, 6.45) is 4.14. The smallest absolute Gasteiger partial charge is 0.326 e. The number of fused-ring (bicyclic) bond motifs is 1. The number of hydrogen-bond donors (Lipinski definition) is 0. The molecule has 0 saturated carbocycles. The van der Waals surface area contributed by atoms with E-state index in [1.165, 1.54) is 4.90 Å². The lowest BCUT2D eigenvalue weighted by atomic mass is 9.98. The van der Waals surface area contributed by atoms with Crippen molar-refractivity contribution in [1.29, 1.82) is 0 Å². The summed E-state index contributed by atoms with van der Waals surface area (Å²) in [5, 5.41) is 0.524. The number of aliphatic imine (C=N–C) groups is 1. The molecule has 1 aliphatic heterocycles. The summed E-state index contributed by atoms with van der Waals surface area (Å²) in [6, 6.07) is 8.32. The van der Waals surface area contributed by atoms with E-state index in [2.05, 4.69) is 4.98 Å². The number of carbonyl (C=O) groups is 2. The zero-order valence-corrected chi connectivity index (χ0v) is 17.5. The standard InChI is InChI=1S/C22H24ClN3O3/c1-4-14(3)20-22(28)26(13-19(27)29-5-2)18-7-6-16(23)12-17(18)21(25-20)15-8-10-24-11-9-15/h6-12,14,20H,4-5,13H2,1-3H3/t14-,20?/m0/s1. The third-order valence-electron chi connectivity index (χ3n) is 5.02. The summed E-state index contributed by atoms with van der Waals surface area (Å²) in [5.74, 6) is -0.689. The predicted octanol–water partition coefficient (Wildman–Crippen LogP) is 3.90. The van der Waals surface area contributed by atoms with Gasteiger partial charge in [0.2, 0.25) is 0 Å². The van der Waals surface area contributed by atoms with Gasteiger partial charge >= 0.3 is 5.97 Å². The number of halogens is 1. The van der Waals surface area contributed by atoms with E-state index < -0.39 is 12.0 Å². The van der Waals surface area contributed by atoms with Gasteiger partial charge in [-0.05, 0) is 43.2 Å². The first kappa shape index (κ1) is 21.0. The number of amides is 1. The van der Waals surface area contributed by atoms with Crippen LogP contribution in [0.4, 0.5) is 5.69 Å². The minimum atomic E-state index is -0.622. The van der Waals surface area contributed by atoms with Gasteiger partial charge in [-0.15, -0.1) is 0 Å². The molecule has 3 rings (SSSR count). The van der Waals surface area contributed by atoms with E-state index in [1.54, 1.807) is 37.5 Å². The largest absolute Gasteiger partial charge is 0.465 e. The number of benzene rings is 1. The van der Waals surface area contributed by atoms with Crippen molar-refractivity contribution >= 4 is 34.9 Å². The minimum Gasteiger partial charge on any atom is -0.465 e. The van der Waals surface area contributed by atoms with Gasteiger partial charge in [-0.2, -0.15) is 0 Å². The summed E-state index contributed by atoms with van der Waals surface area (Å²) in [6.45, 7) is 5.82. The van der Waals surface area contributed by atoms with Crippen LogP contribution in [-0.2, 0) is 14.3 Å². The maximum absolute atomic E-state index is 13.5. The Labute approximate surface area is 175 Å². The summed E-state index contributed by atoms with van der Waals surface area (Å²) < 4.78 is 5.10. The molecule has 0 radical (unpaired) electrons. The Morgan fingerprint density at radius 1 is 1.24 bits per heavy atom. The number of nitrogens with zero attached hydrogens (tertiary/aromatic N) is 3. The van der Waals surface area contributed by atoms with Crippen LogP contribution in [0.1, 0.15) is 38.3 Å². The normalized spacial score (nSPS) is 17.2. The highest BCUT2D eigenvalue weighted by Gasteiger charge is 2.35. The Morgan fingerprint density at radius 2 is 1.97 bits per heavy atom. The third kappa shape index (κ3) is 4.48. The fourth-order valence-electron chi connectivity index (χ4n) is 3.31. The van der Waals surface area contributed by atoms with Gasteiger partial charge in [0.15, 0.2) is 0 Å². The lowest BCUT2D eigenvalue weighted by Crippen LogP contribution is -2.43. The highest BCUT2D eigenvalue weighted by atomic mass is 35.5. The second-order valence-electron chi connectivity index (χ2n) is 6.93. The molecule has 29 heavy (non-hydrogen) atoms. The first-order valence-corrected chi connectivity index (χ1v) is 10.1. The summed E-state index contributed by atoms with van der Waals surface area (Å²) in [4.78, 5) is 36.1. The first-order chi connectivity index (χ1) is 14.0. The molecule has 0 spiro atoms. The predicted molar refractivity (Wildman–Crippen MR) is 114 cm³/mol. The Hall–Kier alpha value is -2.73. The molecule has 6 nitrogen and oxygen atoms in total. The van der Waals surface area contributed by atoms with Crippen molar-refractivity contribution in [2.24, 2.45) is 10.9 Å². The average molecular weight is 414 g/mol. The van der Waals surface area contributed by atoms with Crippen LogP contribution >= 0.6 is 11.6 Å². The number of rotatable bonds is 6. The number of anilines is 1. The van der Waals surface area contributed by atoms with Crippen molar-refractivity contribution < 1.29 is 14.3 Å². The molecule has 152 valence electrons. The lowest BCUT2D eigenvalue weighted by Gasteiger charge is -2.26. The lowest BCUT2D eigenvalue weighted by molar-refractivity contribution is -0.142. The van der Waals surface area contributed by atoms with Crippen LogP contribution in [0.2, 0.25) is 5.02 Å². The van der Waals surface area contributed by atoms with E-state index in [0.717, 1.165) is 12.0 Å². The topological polar surface area (TPSA) is 71.9 Å². The highest BCUT2D eigenvalue weighted by Crippen LogP contribution is 2.32. The van der Waals surface area contributed by atoms with Crippen molar-refractivity contribution in [3.8, 4) is 0 Å². The van der Waals surface area contributed by atoms with Gasteiger partial charge < -0.3 is 4.74 Å². The highest BCUT2D eigenvalue weighted by molar-refractivity contribution is 6.32. The summed E-state index contributed by atoms with van der Waals surface area (Å²) in [7, 11) is 0. The summed E-state index contributed by atoms with van der Waals surface area (Å²) in [5.41, 5.74) is 2.79. The number of esters is 1. The van der Waals surface area contributed by atoms with Gasteiger partial charge in [0, 0.05) is 28.5 Å². The molecule has 0 aliphatic carbocycles. The van der Waals surface area contributed by atoms with Crippen molar-refractivity contribution in [1.82, 2.24) is 4.98 Å². The van der Waals surface area contributed by atoms with Crippen LogP contribution in [0.3, 0.4) is 0 Å². The number of benzodiazepines with no additional fused rings is 1. The fraction of sp³-hybridized carbons (Fsp3) is 0.364. The van der Waals surface area contributed by atoms with Crippen molar-refractivity contribution in [3.63, 3.8) is 0 Å². The van der Waals surface area contributed by atoms with E-state index in [9.17, 15) is 9.59 Å². The molecule has 1 aliphatic rings. The van der Waals surface area contributed by atoms with Crippen LogP contribution in [0.15, 0.2) is 47.7 Å². The van der Waals surface area contributed by atoms with Crippen molar-refractivity contribution in [2.75, 3.05) is 18.1 Å². The van der Waals surface area contributed by atoms with Gasteiger partial charge in [-0.3, -0.25) is 24.5 Å². The van der Waals surface area contributed by atoms with E-state index in [-0.39, 0.29) is 25.0 Å². The quantitative estimate of drug-likeness (QED) is 0.673. The van der Waals surface area contributed by atoms with Crippen LogP contribution in [-0.4, -0.2) is 41.8 Å². The molecular weight excluding hydrogens is 390 g/mol. The van der Waals surface area contributed by atoms with Crippen molar-refractivity contribution in [3.05, 3.63) is 58.9 Å². The number of hydrogen-bond acceptors (Lipinski definition) is 5. The van der Waals surface area contributed by atoms with Gasteiger partial charge in [-0.1, -0.05) is 31.9 Å². The average Bonchev–Trinajstić information content (AvgIpc) is 2.83. The molecule has 0 fully saturated rings. The number of pyridine rings is 1. The fourth-order valence-corrected chi connectivity index (χ4v) is 3.48. The van der Waals surface area contributed by atoms with E-state index in [4.69, 9.17) is 21.3 Å². The molecule has 0 saturated heterocycles. The molecule has 2 aromatic rings. The second-order valence-corrected chi connectivity index (χ2v) is 7.37. The molecular formula is C22H24ClN3O3. The summed E-state index contributed by atoms with van der Waals surface area (Å²) >= 11 is 6.29. The van der Waals surface area contributed by atoms with E-state index >= 15 is 0 Å². The number of ether oxygens (including phenoxy) is 1. The van der Waals surface area contributed by atoms with Crippen LogP contribution in [0.5, 0.6) is 0 Å². The van der Waals surface area contributed by atoms with Crippen LogP contribution in [0, 0.1) is 5.92 Å². The van der Waals surface area contributed by atoms with E-state index in [1.807, 2.05) is 26.0 Å². The third-order valence-corrected chi connectivity index (χ3v) is 5.26. The Morgan fingerprint density at radius 3 is 2.62 bits per heavy atom. The second kappa shape index (κ2) is 9.18. The monoisotopic (exact) mass is 413 g/mol. The minimum absolute atomic E-state index is 0.00573. The number of carbonyl (C=O) groups excluding carboxylic acids is 2. The Kier molecular flexibility index (Phi) is 6.64. The molecule has 2 heterocycles. The zero-order chi connectivity index (χ0) is 21.0. The van der Waals surface area contributed by atoms with Crippen LogP contribution < -0.4 is 4.90 Å². The SMILES string of the molecule is CCOC(=O)CN1C(=O)C([C@@H](C)CC)N=C(c2ccncc2)c2cc(Cl)ccc21. The molecule has 0 bridgehead atoms. The Bertz CT molecular complexity index is 930. The molecule has 1 amide bonds. The molecule has 1 unspecified atom stereocenters. The molecule has 0 N–H and O–H groups in total. The molecule has 1 aromatic carbocycles. The maximum Gasteiger partial charge on any atom is 0.326 e. The van der Waals surface area contributed by atoms with Gasteiger partial charge in [-0.25, -0.2) is 0 Å². The van der Waals surface area contributed by atoms with Crippen LogP contribution in [0.25, 0.3) is 0 Å². The zero-order valence-electron chi connectivity index (χ0n) is 16.8. The number of aromatic nitrogens is 1. The molecule has 1 aromatic heterocycles. The molecule has 7 heteroatoms.